The first-order valence-electron chi connectivity index (χ1n) is 31.9. The minimum Gasteiger partial charge on any atom is -0.462 e. The molecule has 446 valence electrons. The van der Waals surface area contributed by atoms with Crippen molar-refractivity contribution in [3.8, 4) is 0 Å². The Morgan fingerprint density at radius 3 is 1.05 bits per heavy atom. The summed E-state index contributed by atoms with van der Waals surface area (Å²) in [6.45, 7) is 4.59. The maximum Gasteiger partial charge on any atom is 0.472 e. The maximum atomic E-state index is 12.9. The second-order valence-corrected chi connectivity index (χ2v) is 23.0. The average Bonchev–Trinajstić information content (AvgIpc) is 3.41. The quantitative estimate of drug-likeness (QED) is 0.0197. The Balaban J connectivity index is 4.65. The van der Waals surface area contributed by atoms with E-state index in [-0.39, 0.29) is 25.9 Å². The van der Waals surface area contributed by atoms with Crippen molar-refractivity contribution in [1.29, 1.82) is 0 Å². The highest BCUT2D eigenvalue weighted by Gasteiger charge is 2.28. The Kier molecular flexibility index (Phi) is 57.1. The van der Waals surface area contributed by atoms with Gasteiger partial charge in [-0.3, -0.25) is 23.4 Å². The van der Waals surface area contributed by atoms with Gasteiger partial charge in [0.15, 0.2) is 6.10 Å². The monoisotopic (exact) mass is 1090 g/mol. The SMILES string of the molecule is CC/C=C\C/C=C\C/C=C\CCCCCCCC(=O)OCC(COP(=O)(O)OCC(CO)OC(=O)CCCCCCCCCCCCCCCCCCC)OC(=O)CCCCCCCCCCCCCCCCCCC. The van der Waals surface area contributed by atoms with Crippen LogP contribution in [0.2, 0.25) is 0 Å². The van der Waals surface area contributed by atoms with Gasteiger partial charge >= 0.3 is 25.7 Å². The van der Waals surface area contributed by atoms with Crippen LogP contribution in [0.3, 0.4) is 0 Å². The van der Waals surface area contributed by atoms with Crippen LogP contribution in [-0.2, 0) is 42.2 Å². The first kappa shape index (κ1) is 73.7. The summed E-state index contributed by atoms with van der Waals surface area (Å²) in [5.74, 6) is -1.46. The molecule has 0 fully saturated rings. The lowest BCUT2D eigenvalue weighted by atomic mass is 10.0. The van der Waals surface area contributed by atoms with Crippen molar-refractivity contribution in [2.75, 3.05) is 26.4 Å². The predicted molar refractivity (Wildman–Crippen MR) is 316 cm³/mol. The summed E-state index contributed by atoms with van der Waals surface area (Å²) in [6.07, 6.45) is 62.4. The molecule has 0 aromatic heterocycles. The Bertz CT molecular complexity index is 1420. The molecule has 0 aromatic rings. The molecule has 0 heterocycles. The third-order valence-electron chi connectivity index (χ3n) is 14.1. The van der Waals surface area contributed by atoms with Gasteiger partial charge in [0.05, 0.1) is 19.8 Å². The van der Waals surface area contributed by atoms with Crippen LogP contribution in [-0.4, -0.2) is 66.5 Å². The summed E-state index contributed by atoms with van der Waals surface area (Å²) in [4.78, 5) is 48.7. The van der Waals surface area contributed by atoms with Crippen LogP contribution >= 0.6 is 7.82 Å². The maximum absolute atomic E-state index is 12.9. The summed E-state index contributed by atoms with van der Waals surface area (Å²) in [5.41, 5.74) is 0. The molecular weight excluding hydrogens is 976 g/mol. The standard InChI is InChI=1S/C64H119O11P/c1-4-7-10-13-16-19-22-25-28-30-33-36-39-42-45-48-51-54-63(67)74-60(56-65)58-72-76(69,70)73-59-61(57-71-62(66)53-50-47-44-41-38-35-32-27-24-21-18-15-12-9-6-3)75-64(68)55-52-49-46-43-40-37-34-31-29-26-23-20-17-14-11-8-5-2/h9,12,18,21,27,32,60-61,65H,4-8,10-11,13-17,19-20,22-26,28-31,33-59H2,1-3H3,(H,69,70)/b12-9-,21-18-,32-27-. The molecular formula is C64H119O11P. The molecule has 3 atom stereocenters. The second kappa shape index (κ2) is 58.8. The third kappa shape index (κ3) is 56.4. The fraction of sp³-hybridized carbons (Fsp3) is 0.859. The van der Waals surface area contributed by atoms with E-state index in [0.29, 0.717) is 19.3 Å². The average molecular weight is 1100 g/mol. The zero-order chi connectivity index (χ0) is 55.5. The number of allylic oxidation sites excluding steroid dienone is 6. The van der Waals surface area contributed by atoms with E-state index in [0.717, 1.165) is 89.9 Å². The minimum absolute atomic E-state index is 0.170. The number of carbonyl (C=O) groups excluding carboxylic acids is 3. The van der Waals surface area contributed by atoms with Crippen molar-refractivity contribution < 1.29 is 52.2 Å². The Labute approximate surface area is 467 Å². The van der Waals surface area contributed by atoms with Crippen LogP contribution in [0.5, 0.6) is 0 Å². The van der Waals surface area contributed by atoms with Crippen LogP contribution in [0.4, 0.5) is 0 Å². The van der Waals surface area contributed by atoms with Gasteiger partial charge in [-0.15, -0.1) is 0 Å². The molecule has 76 heavy (non-hydrogen) atoms. The van der Waals surface area contributed by atoms with Crippen LogP contribution < -0.4 is 0 Å². The lowest BCUT2D eigenvalue weighted by molar-refractivity contribution is -0.161. The summed E-state index contributed by atoms with van der Waals surface area (Å²) in [6, 6.07) is 0. The van der Waals surface area contributed by atoms with E-state index in [1.54, 1.807) is 0 Å². The van der Waals surface area contributed by atoms with Crippen LogP contribution in [0.15, 0.2) is 36.5 Å². The Morgan fingerprint density at radius 2 is 0.684 bits per heavy atom. The zero-order valence-electron chi connectivity index (χ0n) is 49.5. The van der Waals surface area contributed by atoms with Crippen molar-refractivity contribution in [3.05, 3.63) is 36.5 Å². The van der Waals surface area contributed by atoms with Crippen LogP contribution in [0.1, 0.15) is 316 Å². The molecule has 0 spiro atoms. The normalized spacial score (nSPS) is 13.5. The van der Waals surface area contributed by atoms with Crippen LogP contribution in [0, 0.1) is 0 Å². The summed E-state index contributed by atoms with van der Waals surface area (Å²) < 4.78 is 39.7. The van der Waals surface area contributed by atoms with Crippen molar-refractivity contribution in [1.82, 2.24) is 0 Å². The topological polar surface area (TPSA) is 155 Å². The number of esters is 3. The van der Waals surface area contributed by atoms with E-state index in [1.165, 1.54) is 167 Å². The number of phosphoric ester groups is 1. The second-order valence-electron chi connectivity index (χ2n) is 21.6. The van der Waals surface area contributed by atoms with Gasteiger partial charge < -0.3 is 24.2 Å². The van der Waals surface area contributed by atoms with E-state index in [1.807, 2.05) is 0 Å². The first-order valence-corrected chi connectivity index (χ1v) is 33.4. The van der Waals surface area contributed by atoms with Gasteiger partial charge in [-0.1, -0.05) is 282 Å². The van der Waals surface area contributed by atoms with Crippen LogP contribution in [0.25, 0.3) is 0 Å². The molecule has 2 N–H and O–H groups in total. The fourth-order valence-corrected chi connectivity index (χ4v) is 10.0. The van der Waals surface area contributed by atoms with Crippen molar-refractivity contribution >= 4 is 25.7 Å². The molecule has 12 heteroatoms. The molecule has 0 amide bonds. The number of phosphoric acid groups is 1. The first-order chi connectivity index (χ1) is 37.2. The van der Waals surface area contributed by atoms with Gasteiger partial charge in [-0.25, -0.2) is 4.57 Å². The molecule has 0 saturated heterocycles. The highest BCUT2D eigenvalue weighted by atomic mass is 31.2. The Morgan fingerprint density at radius 1 is 0.382 bits per heavy atom. The van der Waals surface area contributed by atoms with Gasteiger partial charge in [-0.2, -0.15) is 0 Å². The van der Waals surface area contributed by atoms with Gasteiger partial charge in [0.2, 0.25) is 0 Å². The fourth-order valence-electron chi connectivity index (χ4n) is 9.26. The number of aliphatic hydroxyl groups is 1. The molecule has 0 aliphatic carbocycles. The third-order valence-corrected chi connectivity index (χ3v) is 15.0. The van der Waals surface area contributed by atoms with Gasteiger partial charge in [0, 0.05) is 19.3 Å². The lowest BCUT2D eigenvalue weighted by Crippen LogP contribution is -2.30. The van der Waals surface area contributed by atoms with E-state index >= 15 is 0 Å². The van der Waals surface area contributed by atoms with E-state index in [9.17, 15) is 28.9 Å². The highest BCUT2D eigenvalue weighted by Crippen LogP contribution is 2.43. The molecule has 0 bridgehead atoms. The molecule has 0 saturated carbocycles. The van der Waals surface area contributed by atoms with Crippen molar-refractivity contribution in [2.45, 2.75) is 328 Å². The van der Waals surface area contributed by atoms with Gasteiger partial charge in [0.1, 0.15) is 12.7 Å². The molecule has 0 aliphatic heterocycles. The highest BCUT2D eigenvalue weighted by molar-refractivity contribution is 7.47. The largest absolute Gasteiger partial charge is 0.472 e. The van der Waals surface area contributed by atoms with Gasteiger partial charge in [0.25, 0.3) is 0 Å². The number of aliphatic hydroxyl groups excluding tert-OH is 1. The van der Waals surface area contributed by atoms with Gasteiger partial charge in [-0.05, 0) is 51.4 Å². The summed E-state index contributed by atoms with van der Waals surface area (Å²) in [7, 11) is -4.75. The molecule has 0 radical (unpaired) electrons. The smallest absolute Gasteiger partial charge is 0.462 e. The Hall–Kier alpha value is -2.30. The summed E-state index contributed by atoms with van der Waals surface area (Å²) in [5, 5.41) is 9.85. The molecule has 11 nitrogen and oxygen atoms in total. The number of hydrogen-bond acceptors (Lipinski definition) is 10. The predicted octanol–water partition coefficient (Wildman–Crippen LogP) is 19.2. The zero-order valence-corrected chi connectivity index (χ0v) is 50.4. The number of unbranched alkanes of at least 4 members (excludes halogenated alkanes) is 37. The van der Waals surface area contributed by atoms with Crippen molar-refractivity contribution in [3.63, 3.8) is 0 Å². The number of hydrogen-bond donors (Lipinski definition) is 2. The molecule has 0 rings (SSSR count). The number of ether oxygens (including phenoxy) is 3. The van der Waals surface area contributed by atoms with E-state index in [4.69, 9.17) is 23.3 Å². The number of rotatable bonds is 60. The van der Waals surface area contributed by atoms with E-state index < -0.39 is 57.8 Å². The van der Waals surface area contributed by atoms with E-state index in [2.05, 4.69) is 57.2 Å². The molecule has 0 aromatic carbocycles. The van der Waals surface area contributed by atoms with Crippen molar-refractivity contribution in [2.24, 2.45) is 0 Å². The number of carbonyl (C=O) groups is 3. The lowest BCUT2D eigenvalue weighted by Gasteiger charge is -2.21. The molecule has 3 unspecified atom stereocenters. The summed E-state index contributed by atoms with van der Waals surface area (Å²) >= 11 is 0. The minimum atomic E-state index is -4.75. The molecule has 0 aliphatic rings.